The van der Waals surface area contributed by atoms with Gasteiger partial charge in [0.2, 0.25) is 21.8 Å². The molecule has 0 aliphatic carbocycles. The topological polar surface area (TPSA) is 104 Å². The molecule has 0 saturated carbocycles. The van der Waals surface area contributed by atoms with Crippen molar-refractivity contribution in [1.29, 1.82) is 0 Å². The van der Waals surface area contributed by atoms with E-state index < -0.39 is 22.0 Å². The van der Waals surface area contributed by atoms with Crippen LogP contribution in [0, 0.1) is 0 Å². The molecule has 0 radical (unpaired) electrons. The van der Waals surface area contributed by atoms with Crippen molar-refractivity contribution in [2.45, 2.75) is 24.8 Å². The van der Waals surface area contributed by atoms with Crippen LogP contribution >= 0.6 is 11.6 Å². The molecule has 7 nitrogen and oxygen atoms in total. The Morgan fingerprint density at radius 2 is 1.65 bits per heavy atom. The number of rotatable bonds is 6. The van der Waals surface area contributed by atoms with Crippen LogP contribution in [-0.2, 0) is 19.6 Å². The van der Waals surface area contributed by atoms with E-state index in [-0.39, 0.29) is 10.8 Å². The molecule has 26 heavy (non-hydrogen) atoms. The van der Waals surface area contributed by atoms with Crippen molar-refractivity contribution in [3.8, 4) is 0 Å². The van der Waals surface area contributed by atoms with Gasteiger partial charge in [0.15, 0.2) is 0 Å². The fraction of sp³-hybridized carbons (Fsp3) is 0.176. The van der Waals surface area contributed by atoms with E-state index in [0.29, 0.717) is 16.4 Å². The zero-order valence-electron chi connectivity index (χ0n) is 14.1. The van der Waals surface area contributed by atoms with Crippen molar-refractivity contribution >= 4 is 44.8 Å². The predicted molar refractivity (Wildman–Crippen MR) is 101 cm³/mol. The molecule has 3 N–H and O–H groups in total. The summed E-state index contributed by atoms with van der Waals surface area (Å²) < 4.78 is 27.1. The molecule has 2 aromatic rings. The maximum Gasteiger partial charge on any atom is 0.242 e. The number of halogens is 1. The molecular weight excluding hydrogens is 378 g/mol. The van der Waals surface area contributed by atoms with E-state index in [1.165, 1.54) is 38.1 Å². The summed E-state index contributed by atoms with van der Waals surface area (Å²) in [6.45, 7) is 2.79. The van der Waals surface area contributed by atoms with Gasteiger partial charge < -0.3 is 10.6 Å². The molecule has 0 fully saturated rings. The van der Waals surface area contributed by atoms with Gasteiger partial charge in [-0.2, -0.15) is 4.72 Å². The molecule has 2 amide bonds. The van der Waals surface area contributed by atoms with Gasteiger partial charge >= 0.3 is 0 Å². The average Bonchev–Trinajstić information content (AvgIpc) is 2.54. The van der Waals surface area contributed by atoms with E-state index in [0.717, 1.165) is 0 Å². The van der Waals surface area contributed by atoms with Gasteiger partial charge in [0.05, 0.1) is 10.9 Å². The number of carbonyl (C=O) groups excluding carboxylic acids is 2. The van der Waals surface area contributed by atoms with Crippen molar-refractivity contribution in [2.24, 2.45) is 0 Å². The molecule has 2 aromatic carbocycles. The highest BCUT2D eigenvalue weighted by molar-refractivity contribution is 7.89. The lowest BCUT2D eigenvalue weighted by molar-refractivity contribution is -0.117. The Kier molecular flexibility index (Phi) is 6.36. The van der Waals surface area contributed by atoms with E-state index in [1.54, 1.807) is 24.3 Å². The van der Waals surface area contributed by atoms with Gasteiger partial charge in [-0.3, -0.25) is 9.59 Å². The highest BCUT2D eigenvalue weighted by Gasteiger charge is 2.22. The monoisotopic (exact) mass is 395 g/mol. The summed E-state index contributed by atoms with van der Waals surface area (Å²) in [5.41, 5.74) is 0.941. The van der Waals surface area contributed by atoms with Crippen LogP contribution in [0.25, 0.3) is 0 Å². The molecule has 0 bridgehead atoms. The van der Waals surface area contributed by atoms with Crippen LogP contribution in [0.3, 0.4) is 0 Å². The average molecular weight is 396 g/mol. The quantitative estimate of drug-likeness (QED) is 0.699. The summed E-state index contributed by atoms with van der Waals surface area (Å²) in [6.07, 6.45) is 0. The number of anilines is 2. The minimum Gasteiger partial charge on any atom is -0.326 e. The Morgan fingerprint density at radius 3 is 2.23 bits per heavy atom. The van der Waals surface area contributed by atoms with Gasteiger partial charge in [-0.1, -0.05) is 17.7 Å². The zero-order valence-corrected chi connectivity index (χ0v) is 15.7. The molecule has 2 rings (SSSR count). The lowest BCUT2D eigenvalue weighted by Crippen LogP contribution is -2.41. The van der Waals surface area contributed by atoms with Gasteiger partial charge in [0, 0.05) is 23.3 Å². The van der Waals surface area contributed by atoms with Gasteiger partial charge in [-0.25, -0.2) is 8.42 Å². The Balaban J connectivity index is 2.05. The molecule has 0 saturated heterocycles. The minimum atomic E-state index is -3.90. The lowest BCUT2D eigenvalue weighted by Gasteiger charge is -2.15. The van der Waals surface area contributed by atoms with E-state index in [1.807, 2.05) is 0 Å². The number of hydrogen-bond donors (Lipinski definition) is 3. The van der Waals surface area contributed by atoms with E-state index >= 15 is 0 Å². The van der Waals surface area contributed by atoms with Gasteiger partial charge in [-0.15, -0.1) is 0 Å². The normalized spacial score (nSPS) is 12.3. The molecule has 9 heteroatoms. The maximum atomic E-state index is 12.4. The molecule has 138 valence electrons. The molecule has 0 aromatic heterocycles. The first-order valence-corrected chi connectivity index (χ1v) is 9.50. The lowest BCUT2D eigenvalue weighted by atomic mass is 10.3. The minimum absolute atomic E-state index is 0.0194. The van der Waals surface area contributed by atoms with E-state index in [9.17, 15) is 18.0 Å². The summed E-state index contributed by atoms with van der Waals surface area (Å²) in [6, 6.07) is 11.1. The van der Waals surface area contributed by atoms with Crippen LogP contribution in [-0.4, -0.2) is 26.3 Å². The zero-order chi connectivity index (χ0) is 19.3. The molecule has 0 heterocycles. The van der Waals surface area contributed by atoms with Crippen molar-refractivity contribution in [2.75, 3.05) is 10.6 Å². The third kappa shape index (κ3) is 5.55. The molecular formula is C17H18ClN3O4S. The maximum absolute atomic E-state index is 12.4. The fourth-order valence-corrected chi connectivity index (χ4v) is 3.48. The number of benzene rings is 2. The SMILES string of the molecule is CC(=O)Nc1ccc(S(=O)(=O)N[C@@H](C)C(=O)Nc2cccc(Cl)c2)cc1. The molecule has 0 aliphatic rings. The molecule has 0 spiro atoms. The number of amides is 2. The summed E-state index contributed by atoms with van der Waals surface area (Å²) in [5.74, 6) is -0.782. The largest absolute Gasteiger partial charge is 0.326 e. The van der Waals surface area contributed by atoms with Crippen LogP contribution < -0.4 is 15.4 Å². The Bertz CT molecular complexity index is 914. The predicted octanol–water partition coefficient (Wildman–Crippen LogP) is 2.60. The number of carbonyl (C=O) groups is 2. The van der Waals surface area contributed by atoms with Crippen LogP contribution in [0.15, 0.2) is 53.4 Å². The Labute approximate surface area is 156 Å². The number of hydrogen-bond acceptors (Lipinski definition) is 4. The summed E-state index contributed by atoms with van der Waals surface area (Å²) in [5, 5.41) is 5.59. The third-order valence-electron chi connectivity index (χ3n) is 3.30. The molecule has 1 atom stereocenters. The van der Waals surface area contributed by atoms with Crippen molar-refractivity contribution in [1.82, 2.24) is 4.72 Å². The highest BCUT2D eigenvalue weighted by atomic mass is 35.5. The van der Waals surface area contributed by atoms with Crippen molar-refractivity contribution in [3.63, 3.8) is 0 Å². The second kappa shape index (κ2) is 8.31. The van der Waals surface area contributed by atoms with Gasteiger partial charge in [0.1, 0.15) is 0 Å². The fourth-order valence-electron chi connectivity index (χ4n) is 2.09. The van der Waals surface area contributed by atoms with Crippen LogP contribution in [0.1, 0.15) is 13.8 Å². The first kappa shape index (κ1) is 19.9. The molecule has 0 aliphatic heterocycles. The molecule has 0 unspecified atom stereocenters. The summed E-state index contributed by atoms with van der Waals surface area (Å²) in [4.78, 5) is 23.2. The van der Waals surface area contributed by atoms with E-state index in [2.05, 4.69) is 15.4 Å². The number of nitrogens with one attached hydrogen (secondary N) is 3. The van der Waals surface area contributed by atoms with Crippen molar-refractivity contribution < 1.29 is 18.0 Å². The second-order valence-electron chi connectivity index (χ2n) is 5.55. The third-order valence-corrected chi connectivity index (χ3v) is 5.09. The van der Waals surface area contributed by atoms with Gasteiger partial charge in [0.25, 0.3) is 0 Å². The summed E-state index contributed by atoms with van der Waals surface area (Å²) in [7, 11) is -3.90. The smallest absolute Gasteiger partial charge is 0.242 e. The van der Waals surface area contributed by atoms with Crippen LogP contribution in [0.5, 0.6) is 0 Å². The first-order valence-electron chi connectivity index (χ1n) is 7.64. The van der Waals surface area contributed by atoms with E-state index in [4.69, 9.17) is 11.6 Å². The standard InChI is InChI=1S/C17H18ClN3O4S/c1-11(17(23)20-15-5-3-4-13(18)10-15)21-26(24,25)16-8-6-14(7-9-16)19-12(2)22/h3-11,21H,1-2H3,(H,19,22)(H,20,23)/t11-/m0/s1. The summed E-state index contributed by atoms with van der Waals surface area (Å²) >= 11 is 5.85. The van der Waals surface area contributed by atoms with Gasteiger partial charge in [-0.05, 0) is 49.4 Å². The Hall–Kier alpha value is -2.42. The highest BCUT2D eigenvalue weighted by Crippen LogP contribution is 2.16. The second-order valence-corrected chi connectivity index (χ2v) is 7.70. The van der Waals surface area contributed by atoms with Crippen molar-refractivity contribution in [3.05, 3.63) is 53.6 Å². The Morgan fingerprint density at radius 1 is 1.00 bits per heavy atom. The first-order chi connectivity index (χ1) is 12.2. The van der Waals surface area contributed by atoms with Crippen LogP contribution in [0.4, 0.5) is 11.4 Å². The van der Waals surface area contributed by atoms with Crippen LogP contribution in [0.2, 0.25) is 5.02 Å². The number of sulfonamides is 1.